The minimum absolute atomic E-state index is 0. The van der Waals surface area contributed by atoms with Gasteiger partial charge in [-0.05, 0) is 47.7 Å². The molecule has 1 fully saturated rings. The van der Waals surface area contributed by atoms with Crippen molar-refractivity contribution in [3.63, 3.8) is 0 Å². The van der Waals surface area contributed by atoms with E-state index in [1.54, 1.807) is 12.1 Å². The van der Waals surface area contributed by atoms with Crippen molar-refractivity contribution in [2.24, 2.45) is 0 Å². The highest BCUT2D eigenvalue weighted by Crippen LogP contribution is 2.20. The third-order valence-corrected chi connectivity index (χ3v) is 3.99. The van der Waals surface area contributed by atoms with E-state index in [0.717, 1.165) is 23.2 Å². The molecule has 1 aromatic rings. The van der Waals surface area contributed by atoms with Crippen LogP contribution in [0, 0.1) is 3.57 Å². The zero-order valence-electron chi connectivity index (χ0n) is 9.95. The number of hydrogen-bond acceptors (Lipinski definition) is 2. The van der Waals surface area contributed by atoms with E-state index in [9.17, 15) is 4.79 Å². The SMILES string of the molecule is CC1CN(C(=O)c2cc(Cl)ccc2I)CCN1.Cl. The highest BCUT2D eigenvalue weighted by Gasteiger charge is 2.23. The van der Waals surface area contributed by atoms with Crippen molar-refractivity contribution in [1.82, 2.24) is 10.2 Å². The van der Waals surface area contributed by atoms with Gasteiger partial charge in [0.1, 0.15) is 0 Å². The van der Waals surface area contributed by atoms with E-state index in [1.165, 1.54) is 0 Å². The normalized spacial score (nSPS) is 19.3. The second kappa shape index (κ2) is 6.93. The van der Waals surface area contributed by atoms with Crippen LogP contribution < -0.4 is 5.32 Å². The quantitative estimate of drug-likeness (QED) is 0.735. The lowest BCUT2D eigenvalue weighted by Crippen LogP contribution is -2.51. The number of hydrogen-bond donors (Lipinski definition) is 1. The van der Waals surface area contributed by atoms with Crippen LogP contribution in [0.4, 0.5) is 0 Å². The van der Waals surface area contributed by atoms with Crippen molar-refractivity contribution in [3.8, 4) is 0 Å². The molecule has 1 amide bonds. The number of rotatable bonds is 1. The van der Waals surface area contributed by atoms with Crippen LogP contribution in [-0.4, -0.2) is 36.5 Å². The van der Waals surface area contributed by atoms with Crippen LogP contribution in [0.2, 0.25) is 5.02 Å². The van der Waals surface area contributed by atoms with Crippen LogP contribution in [0.25, 0.3) is 0 Å². The van der Waals surface area contributed by atoms with E-state index in [4.69, 9.17) is 11.6 Å². The highest BCUT2D eigenvalue weighted by atomic mass is 127. The minimum atomic E-state index is 0. The molecule has 0 radical (unpaired) electrons. The second-order valence-corrected chi connectivity index (χ2v) is 5.83. The lowest BCUT2D eigenvalue weighted by Gasteiger charge is -2.32. The van der Waals surface area contributed by atoms with Crippen LogP contribution in [0.3, 0.4) is 0 Å². The summed E-state index contributed by atoms with van der Waals surface area (Å²) in [5.41, 5.74) is 0.701. The van der Waals surface area contributed by atoms with Gasteiger partial charge in [0, 0.05) is 34.3 Å². The van der Waals surface area contributed by atoms with Gasteiger partial charge >= 0.3 is 0 Å². The molecule has 100 valence electrons. The molecular formula is C12H15Cl2IN2O. The minimum Gasteiger partial charge on any atom is -0.336 e. The Hall–Kier alpha value is -0.0400. The summed E-state index contributed by atoms with van der Waals surface area (Å²) >= 11 is 8.11. The number of benzene rings is 1. The molecule has 0 saturated carbocycles. The second-order valence-electron chi connectivity index (χ2n) is 4.23. The van der Waals surface area contributed by atoms with E-state index in [0.29, 0.717) is 16.6 Å². The molecule has 1 N–H and O–H groups in total. The molecule has 2 rings (SSSR count). The molecule has 1 saturated heterocycles. The Labute approximate surface area is 132 Å². The standard InChI is InChI=1S/C12H14ClIN2O.ClH/c1-8-7-16(5-4-15-8)12(17)10-6-9(13)2-3-11(10)14;/h2-3,6,8,15H,4-5,7H2,1H3;1H. The molecule has 0 aliphatic carbocycles. The summed E-state index contributed by atoms with van der Waals surface area (Å²) in [5, 5.41) is 3.93. The van der Waals surface area contributed by atoms with Gasteiger partial charge in [0.05, 0.1) is 5.56 Å². The van der Waals surface area contributed by atoms with Crippen molar-refractivity contribution < 1.29 is 4.79 Å². The van der Waals surface area contributed by atoms with Crippen molar-refractivity contribution in [2.75, 3.05) is 19.6 Å². The third kappa shape index (κ3) is 3.73. The van der Waals surface area contributed by atoms with Crippen LogP contribution in [-0.2, 0) is 0 Å². The molecule has 3 nitrogen and oxygen atoms in total. The van der Waals surface area contributed by atoms with Gasteiger partial charge < -0.3 is 10.2 Å². The Kier molecular flexibility index (Phi) is 6.17. The molecular weight excluding hydrogens is 386 g/mol. The first-order valence-corrected chi connectivity index (χ1v) is 7.01. The third-order valence-electron chi connectivity index (χ3n) is 2.81. The maximum Gasteiger partial charge on any atom is 0.255 e. The van der Waals surface area contributed by atoms with Crippen LogP contribution in [0.15, 0.2) is 18.2 Å². The first kappa shape index (κ1) is 16.0. The molecule has 1 atom stereocenters. The van der Waals surface area contributed by atoms with E-state index < -0.39 is 0 Å². The van der Waals surface area contributed by atoms with Gasteiger partial charge in [-0.15, -0.1) is 12.4 Å². The van der Waals surface area contributed by atoms with Gasteiger partial charge in [-0.1, -0.05) is 11.6 Å². The number of carbonyl (C=O) groups excluding carboxylic acids is 1. The zero-order valence-corrected chi connectivity index (χ0v) is 13.7. The number of amides is 1. The Morgan fingerprint density at radius 2 is 2.28 bits per heavy atom. The zero-order chi connectivity index (χ0) is 12.4. The van der Waals surface area contributed by atoms with E-state index in [-0.39, 0.29) is 18.3 Å². The largest absolute Gasteiger partial charge is 0.336 e. The Bertz CT molecular complexity index is 442. The van der Waals surface area contributed by atoms with Crippen molar-refractivity contribution in [3.05, 3.63) is 32.4 Å². The summed E-state index contributed by atoms with van der Waals surface area (Å²) in [7, 11) is 0. The first-order valence-electron chi connectivity index (χ1n) is 5.55. The summed E-state index contributed by atoms with van der Waals surface area (Å²) in [6.45, 7) is 4.44. The number of nitrogens with one attached hydrogen (secondary N) is 1. The van der Waals surface area contributed by atoms with Crippen LogP contribution in [0.5, 0.6) is 0 Å². The lowest BCUT2D eigenvalue weighted by atomic mass is 10.1. The van der Waals surface area contributed by atoms with Crippen LogP contribution >= 0.6 is 46.6 Å². The average molecular weight is 401 g/mol. The number of carbonyl (C=O) groups is 1. The molecule has 0 bridgehead atoms. The molecule has 1 unspecified atom stereocenters. The molecule has 1 aliphatic rings. The van der Waals surface area contributed by atoms with Gasteiger partial charge in [0.15, 0.2) is 0 Å². The fraction of sp³-hybridized carbons (Fsp3) is 0.417. The lowest BCUT2D eigenvalue weighted by molar-refractivity contribution is 0.0708. The highest BCUT2D eigenvalue weighted by molar-refractivity contribution is 14.1. The fourth-order valence-electron chi connectivity index (χ4n) is 1.95. The Morgan fingerprint density at radius 1 is 1.56 bits per heavy atom. The van der Waals surface area contributed by atoms with Crippen molar-refractivity contribution in [2.45, 2.75) is 13.0 Å². The van der Waals surface area contributed by atoms with Crippen LogP contribution in [0.1, 0.15) is 17.3 Å². The predicted octanol–water partition coefficient (Wildman–Crippen LogP) is 2.80. The van der Waals surface area contributed by atoms with Crippen molar-refractivity contribution >= 4 is 52.5 Å². The Morgan fingerprint density at radius 3 is 2.94 bits per heavy atom. The average Bonchev–Trinajstić information content (AvgIpc) is 2.31. The number of halogens is 3. The van der Waals surface area contributed by atoms with Gasteiger partial charge in [-0.3, -0.25) is 4.79 Å². The van der Waals surface area contributed by atoms with Gasteiger partial charge in [-0.2, -0.15) is 0 Å². The monoisotopic (exact) mass is 400 g/mol. The number of piperazine rings is 1. The van der Waals surface area contributed by atoms with E-state index in [2.05, 4.69) is 34.8 Å². The summed E-state index contributed by atoms with van der Waals surface area (Å²) in [4.78, 5) is 14.2. The van der Waals surface area contributed by atoms with Gasteiger partial charge in [0.25, 0.3) is 5.91 Å². The molecule has 1 heterocycles. The molecule has 18 heavy (non-hydrogen) atoms. The topological polar surface area (TPSA) is 32.3 Å². The summed E-state index contributed by atoms with van der Waals surface area (Å²) < 4.78 is 0.947. The fourth-order valence-corrected chi connectivity index (χ4v) is 2.69. The van der Waals surface area contributed by atoms with E-state index >= 15 is 0 Å². The smallest absolute Gasteiger partial charge is 0.255 e. The summed E-state index contributed by atoms with van der Waals surface area (Å²) in [6, 6.07) is 5.78. The first-order chi connectivity index (χ1) is 8.08. The molecule has 0 spiro atoms. The molecule has 1 aromatic carbocycles. The maximum atomic E-state index is 12.4. The van der Waals surface area contributed by atoms with Gasteiger partial charge in [-0.25, -0.2) is 0 Å². The predicted molar refractivity (Wildman–Crippen MR) is 84.8 cm³/mol. The van der Waals surface area contributed by atoms with Crippen molar-refractivity contribution in [1.29, 1.82) is 0 Å². The van der Waals surface area contributed by atoms with Gasteiger partial charge in [0.2, 0.25) is 0 Å². The molecule has 1 aliphatic heterocycles. The molecule has 0 aromatic heterocycles. The summed E-state index contributed by atoms with van der Waals surface area (Å²) in [5.74, 6) is 0.0743. The maximum absolute atomic E-state index is 12.4. The molecule has 6 heteroatoms. The summed E-state index contributed by atoms with van der Waals surface area (Å²) in [6.07, 6.45) is 0. The number of nitrogens with zero attached hydrogens (tertiary/aromatic N) is 1. The van der Waals surface area contributed by atoms with E-state index in [1.807, 2.05) is 11.0 Å². The Balaban J connectivity index is 0.00000162.